The molecule has 1 aliphatic carbocycles. The Kier molecular flexibility index (Phi) is 6.35. The van der Waals surface area contributed by atoms with Crippen molar-refractivity contribution in [2.45, 2.75) is 56.7 Å². The SMILES string of the molecule is CC(SCCCN1C(=O)c2ccccc2C1=O)C(=O)NC1CCCCC1. The summed E-state index contributed by atoms with van der Waals surface area (Å²) in [6.07, 6.45) is 6.54. The maximum Gasteiger partial charge on any atom is 0.261 e. The molecule has 1 aromatic rings. The van der Waals surface area contributed by atoms with Crippen molar-refractivity contribution in [2.24, 2.45) is 0 Å². The van der Waals surface area contributed by atoms with Crippen LogP contribution < -0.4 is 5.32 Å². The topological polar surface area (TPSA) is 66.5 Å². The van der Waals surface area contributed by atoms with E-state index >= 15 is 0 Å². The third-order valence-corrected chi connectivity index (χ3v) is 6.33. The lowest BCUT2D eigenvalue weighted by Crippen LogP contribution is -2.40. The average Bonchev–Trinajstić information content (AvgIpc) is 2.90. The summed E-state index contributed by atoms with van der Waals surface area (Å²) in [7, 11) is 0. The van der Waals surface area contributed by atoms with Gasteiger partial charge in [-0.25, -0.2) is 0 Å². The number of carbonyl (C=O) groups is 3. The number of nitrogens with zero attached hydrogens (tertiary/aromatic N) is 1. The molecule has 26 heavy (non-hydrogen) atoms. The zero-order valence-electron chi connectivity index (χ0n) is 15.2. The molecule has 0 bridgehead atoms. The Hall–Kier alpha value is -1.82. The van der Waals surface area contributed by atoms with E-state index in [-0.39, 0.29) is 23.0 Å². The zero-order chi connectivity index (χ0) is 18.5. The molecule has 3 rings (SSSR count). The first-order valence-corrected chi connectivity index (χ1v) is 10.5. The predicted molar refractivity (Wildman–Crippen MR) is 103 cm³/mol. The molecule has 1 aromatic carbocycles. The van der Waals surface area contributed by atoms with Gasteiger partial charge >= 0.3 is 0 Å². The van der Waals surface area contributed by atoms with Crippen molar-refractivity contribution in [3.8, 4) is 0 Å². The quantitative estimate of drug-likeness (QED) is 0.588. The Bertz CT molecular complexity index is 650. The Labute approximate surface area is 158 Å². The minimum Gasteiger partial charge on any atom is -0.352 e. The smallest absolute Gasteiger partial charge is 0.261 e. The van der Waals surface area contributed by atoms with Crippen molar-refractivity contribution in [3.63, 3.8) is 0 Å². The molecule has 2 aliphatic rings. The molecule has 0 saturated heterocycles. The molecule has 5 nitrogen and oxygen atoms in total. The number of nitrogens with one attached hydrogen (secondary N) is 1. The summed E-state index contributed by atoms with van der Waals surface area (Å²) in [5, 5.41) is 3.04. The summed E-state index contributed by atoms with van der Waals surface area (Å²) < 4.78 is 0. The molecule has 1 heterocycles. The molecule has 6 heteroatoms. The average molecular weight is 375 g/mol. The van der Waals surface area contributed by atoms with Gasteiger partial charge in [0.2, 0.25) is 5.91 Å². The van der Waals surface area contributed by atoms with Gasteiger partial charge in [-0.2, -0.15) is 0 Å². The highest BCUT2D eigenvalue weighted by Crippen LogP contribution is 2.23. The molecule has 0 aromatic heterocycles. The van der Waals surface area contributed by atoms with E-state index in [1.54, 1.807) is 36.0 Å². The fourth-order valence-corrected chi connectivity index (χ4v) is 4.43. The maximum absolute atomic E-state index is 12.3. The van der Waals surface area contributed by atoms with Crippen LogP contribution in [-0.4, -0.2) is 46.2 Å². The molecule has 0 spiro atoms. The Morgan fingerprint density at radius 3 is 2.38 bits per heavy atom. The minimum absolute atomic E-state index is 0.0997. The molecule has 1 aliphatic heterocycles. The fraction of sp³-hybridized carbons (Fsp3) is 0.550. The normalized spacial score (nSPS) is 18.7. The van der Waals surface area contributed by atoms with E-state index in [4.69, 9.17) is 0 Å². The first kappa shape index (κ1) is 19.0. The number of amides is 3. The first-order chi connectivity index (χ1) is 12.6. The van der Waals surface area contributed by atoms with Crippen molar-refractivity contribution >= 4 is 29.5 Å². The summed E-state index contributed by atoms with van der Waals surface area (Å²) in [5.74, 6) is 0.423. The van der Waals surface area contributed by atoms with E-state index in [1.807, 2.05) is 6.92 Å². The van der Waals surface area contributed by atoms with Gasteiger partial charge in [0.15, 0.2) is 0 Å². The van der Waals surface area contributed by atoms with Gasteiger partial charge in [-0.15, -0.1) is 11.8 Å². The number of thioether (sulfide) groups is 1. The van der Waals surface area contributed by atoms with Crippen LogP contribution in [0.3, 0.4) is 0 Å². The van der Waals surface area contributed by atoms with Gasteiger partial charge in [0.25, 0.3) is 11.8 Å². The highest BCUT2D eigenvalue weighted by molar-refractivity contribution is 8.00. The number of hydrogen-bond donors (Lipinski definition) is 1. The molecule has 140 valence electrons. The second kappa shape index (κ2) is 8.71. The molecule has 1 N–H and O–H groups in total. The number of rotatable bonds is 7. The first-order valence-electron chi connectivity index (χ1n) is 9.45. The van der Waals surface area contributed by atoms with E-state index in [1.165, 1.54) is 24.2 Å². The second-order valence-corrected chi connectivity index (χ2v) is 8.47. The van der Waals surface area contributed by atoms with Gasteiger partial charge in [-0.1, -0.05) is 31.4 Å². The van der Waals surface area contributed by atoms with Crippen LogP contribution in [0.5, 0.6) is 0 Å². The van der Waals surface area contributed by atoms with Crippen LogP contribution >= 0.6 is 11.8 Å². The van der Waals surface area contributed by atoms with Gasteiger partial charge in [0.05, 0.1) is 16.4 Å². The highest BCUT2D eigenvalue weighted by atomic mass is 32.2. The summed E-state index contributed by atoms with van der Waals surface area (Å²) in [4.78, 5) is 38.2. The van der Waals surface area contributed by atoms with Crippen molar-refractivity contribution < 1.29 is 14.4 Å². The van der Waals surface area contributed by atoms with Crippen LogP contribution in [0.1, 0.15) is 66.2 Å². The summed E-state index contributed by atoms with van der Waals surface area (Å²) in [5.41, 5.74) is 0.982. The molecule has 1 atom stereocenters. The maximum atomic E-state index is 12.3. The summed E-state index contributed by atoms with van der Waals surface area (Å²) in [6.45, 7) is 2.32. The van der Waals surface area contributed by atoms with Crippen molar-refractivity contribution in [3.05, 3.63) is 35.4 Å². The summed E-state index contributed by atoms with van der Waals surface area (Å²) >= 11 is 1.58. The molecule has 3 amide bonds. The number of carbonyl (C=O) groups excluding carboxylic acids is 3. The number of imide groups is 1. The standard InChI is InChI=1S/C20H26N2O3S/c1-14(18(23)21-15-8-3-2-4-9-15)26-13-7-12-22-19(24)16-10-5-6-11-17(16)20(22)25/h5-6,10-11,14-15H,2-4,7-9,12-13H2,1H3,(H,21,23). The minimum atomic E-state index is -0.210. The molecular weight excluding hydrogens is 348 g/mol. The van der Waals surface area contributed by atoms with Gasteiger partial charge in [0, 0.05) is 12.6 Å². The van der Waals surface area contributed by atoms with Crippen molar-refractivity contribution in [1.82, 2.24) is 10.2 Å². The van der Waals surface area contributed by atoms with E-state index < -0.39 is 0 Å². The number of hydrogen-bond acceptors (Lipinski definition) is 4. The van der Waals surface area contributed by atoms with E-state index in [0.29, 0.717) is 30.1 Å². The Morgan fingerprint density at radius 1 is 1.15 bits per heavy atom. The number of benzene rings is 1. The predicted octanol–water partition coefficient (Wildman–Crippen LogP) is 3.24. The van der Waals surface area contributed by atoms with E-state index in [2.05, 4.69) is 5.32 Å². The molecular formula is C20H26N2O3S. The second-order valence-electron chi connectivity index (χ2n) is 7.02. The van der Waals surface area contributed by atoms with Gasteiger partial charge in [-0.05, 0) is 44.1 Å². The molecule has 1 unspecified atom stereocenters. The lowest BCUT2D eigenvalue weighted by molar-refractivity contribution is -0.121. The van der Waals surface area contributed by atoms with Crippen molar-refractivity contribution in [1.29, 1.82) is 0 Å². The lowest BCUT2D eigenvalue weighted by Gasteiger charge is -2.24. The number of fused-ring (bicyclic) bond motifs is 1. The molecule has 1 fully saturated rings. The third kappa shape index (κ3) is 4.29. The van der Waals surface area contributed by atoms with Crippen LogP contribution in [-0.2, 0) is 4.79 Å². The van der Waals surface area contributed by atoms with Crippen LogP contribution in [0.15, 0.2) is 24.3 Å². The highest BCUT2D eigenvalue weighted by Gasteiger charge is 2.34. The van der Waals surface area contributed by atoms with E-state index in [0.717, 1.165) is 18.6 Å². The lowest BCUT2D eigenvalue weighted by atomic mass is 9.95. The van der Waals surface area contributed by atoms with Crippen LogP contribution in [0.25, 0.3) is 0 Å². The van der Waals surface area contributed by atoms with Gasteiger partial charge in [0.1, 0.15) is 0 Å². The Morgan fingerprint density at radius 2 is 1.77 bits per heavy atom. The summed E-state index contributed by atoms with van der Waals surface area (Å²) in [6, 6.07) is 7.27. The van der Waals surface area contributed by atoms with Crippen LogP contribution in [0, 0.1) is 0 Å². The largest absolute Gasteiger partial charge is 0.352 e. The van der Waals surface area contributed by atoms with Gasteiger partial charge < -0.3 is 5.32 Å². The fourth-order valence-electron chi connectivity index (χ4n) is 3.57. The molecule has 0 radical (unpaired) electrons. The van der Waals surface area contributed by atoms with Crippen LogP contribution in [0.2, 0.25) is 0 Å². The van der Waals surface area contributed by atoms with Crippen molar-refractivity contribution in [2.75, 3.05) is 12.3 Å². The van der Waals surface area contributed by atoms with Crippen LogP contribution in [0.4, 0.5) is 0 Å². The van der Waals surface area contributed by atoms with Gasteiger partial charge in [-0.3, -0.25) is 19.3 Å². The zero-order valence-corrected chi connectivity index (χ0v) is 16.0. The monoisotopic (exact) mass is 374 g/mol. The van der Waals surface area contributed by atoms with E-state index in [9.17, 15) is 14.4 Å². The molecule has 1 saturated carbocycles. The Balaban J connectivity index is 1.39. The third-order valence-electron chi connectivity index (χ3n) is 5.09.